The van der Waals surface area contributed by atoms with Crippen molar-refractivity contribution in [2.45, 2.75) is 32.2 Å². The fourth-order valence-electron chi connectivity index (χ4n) is 2.23. The molecule has 2 rings (SSSR count). The number of rotatable bonds is 5. The molecule has 2 N–H and O–H groups in total. The minimum atomic E-state index is -4.48. The van der Waals surface area contributed by atoms with Gasteiger partial charge in [-0.1, -0.05) is 12.1 Å². The third-order valence-corrected chi connectivity index (χ3v) is 3.45. The summed E-state index contributed by atoms with van der Waals surface area (Å²) in [6, 6.07) is 5.91. The number of carbonyl (C=O) groups is 1. The van der Waals surface area contributed by atoms with E-state index in [4.69, 9.17) is 0 Å². The predicted octanol–water partition coefficient (Wildman–Crippen LogP) is 2.95. The monoisotopic (exact) mass is 341 g/mol. The Balaban J connectivity index is 2.04. The molecule has 2 aromatic rings. The average Bonchev–Trinajstić information content (AvgIpc) is 3.01. The first-order valence-electron chi connectivity index (χ1n) is 7.37. The van der Waals surface area contributed by atoms with Crippen molar-refractivity contribution in [3.63, 3.8) is 0 Å². The van der Waals surface area contributed by atoms with Gasteiger partial charge >= 0.3 is 6.18 Å². The minimum absolute atomic E-state index is 0.0193. The Bertz CT molecular complexity index is 711. The van der Waals surface area contributed by atoms with Gasteiger partial charge in [0.15, 0.2) is 0 Å². The third-order valence-electron chi connectivity index (χ3n) is 3.45. The molecule has 0 saturated heterocycles. The second kappa shape index (κ2) is 7.04. The molecule has 8 heteroatoms. The van der Waals surface area contributed by atoms with Crippen LogP contribution in [0.5, 0.6) is 0 Å². The van der Waals surface area contributed by atoms with E-state index in [2.05, 4.69) is 10.4 Å². The molecule has 1 aromatic carbocycles. The number of nitrogens with zero attached hydrogens (tertiary/aromatic N) is 2. The smallest absolute Gasteiger partial charge is 0.387 e. The van der Waals surface area contributed by atoms with E-state index in [-0.39, 0.29) is 18.2 Å². The van der Waals surface area contributed by atoms with Crippen molar-refractivity contribution in [1.29, 1.82) is 0 Å². The van der Waals surface area contributed by atoms with E-state index in [1.54, 1.807) is 0 Å². The minimum Gasteiger partial charge on any atom is -0.387 e. The summed E-state index contributed by atoms with van der Waals surface area (Å²) in [4.78, 5) is 12.1. The number of halogens is 3. The molecule has 1 atom stereocenters. The lowest BCUT2D eigenvalue weighted by molar-refractivity contribution is -0.137. The van der Waals surface area contributed by atoms with Gasteiger partial charge in [-0.05, 0) is 37.6 Å². The zero-order valence-corrected chi connectivity index (χ0v) is 13.2. The second-order valence-electron chi connectivity index (χ2n) is 5.60. The van der Waals surface area contributed by atoms with Crippen LogP contribution < -0.4 is 5.32 Å². The predicted molar refractivity (Wildman–Crippen MR) is 81.3 cm³/mol. The molecule has 24 heavy (non-hydrogen) atoms. The number of hydrogen-bond donors (Lipinski definition) is 2. The first-order valence-corrected chi connectivity index (χ1v) is 7.37. The molecule has 0 fully saturated rings. The number of amides is 1. The molecule has 0 radical (unpaired) electrons. The molecule has 1 aromatic heterocycles. The van der Waals surface area contributed by atoms with Crippen molar-refractivity contribution in [2.75, 3.05) is 6.54 Å². The van der Waals surface area contributed by atoms with Crippen LogP contribution >= 0.6 is 0 Å². The van der Waals surface area contributed by atoms with Crippen molar-refractivity contribution >= 4 is 5.91 Å². The van der Waals surface area contributed by atoms with E-state index in [1.807, 2.05) is 13.8 Å². The van der Waals surface area contributed by atoms with Gasteiger partial charge in [0.25, 0.3) is 5.91 Å². The second-order valence-corrected chi connectivity index (χ2v) is 5.60. The highest BCUT2D eigenvalue weighted by atomic mass is 19.4. The van der Waals surface area contributed by atoms with E-state index in [0.717, 1.165) is 12.1 Å². The number of benzene rings is 1. The van der Waals surface area contributed by atoms with Gasteiger partial charge in [0, 0.05) is 18.8 Å². The van der Waals surface area contributed by atoms with Crippen LogP contribution in [0.3, 0.4) is 0 Å². The zero-order chi connectivity index (χ0) is 17.9. The SMILES string of the molecule is CC(C)n1nccc1C(=O)NCC(O)c1cccc(C(F)(F)F)c1. The Morgan fingerprint density at radius 2 is 2.04 bits per heavy atom. The van der Waals surface area contributed by atoms with Crippen LogP contribution in [0.2, 0.25) is 0 Å². The Labute approximate surface area is 137 Å². The van der Waals surface area contributed by atoms with Gasteiger partial charge in [-0.2, -0.15) is 18.3 Å². The fraction of sp³-hybridized carbons (Fsp3) is 0.375. The summed E-state index contributed by atoms with van der Waals surface area (Å²) < 4.78 is 39.6. The van der Waals surface area contributed by atoms with Gasteiger partial charge in [-0.3, -0.25) is 9.48 Å². The molecule has 0 aliphatic carbocycles. The van der Waals surface area contributed by atoms with Crippen LogP contribution in [0.15, 0.2) is 36.5 Å². The Morgan fingerprint density at radius 1 is 1.33 bits per heavy atom. The highest BCUT2D eigenvalue weighted by Gasteiger charge is 2.30. The molecule has 130 valence electrons. The molecule has 0 saturated carbocycles. The first-order chi connectivity index (χ1) is 11.2. The van der Waals surface area contributed by atoms with Gasteiger partial charge in [-0.15, -0.1) is 0 Å². The highest BCUT2D eigenvalue weighted by molar-refractivity contribution is 5.92. The number of carbonyl (C=O) groups excluding carboxylic acids is 1. The van der Waals surface area contributed by atoms with Gasteiger partial charge in [0.05, 0.1) is 11.7 Å². The maximum absolute atomic E-state index is 12.7. The van der Waals surface area contributed by atoms with Crippen molar-refractivity contribution < 1.29 is 23.1 Å². The summed E-state index contributed by atoms with van der Waals surface area (Å²) in [6.07, 6.45) is -4.24. The molecule has 1 unspecified atom stereocenters. The van der Waals surface area contributed by atoms with E-state index in [9.17, 15) is 23.1 Å². The van der Waals surface area contributed by atoms with Crippen molar-refractivity contribution in [2.24, 2.45) is 0 Å². The summed E-state index contributed by atoms with van der Waals surface area (Å²) >= 11 is 0. The Morgan fingerprint density at radius 3 is 2.67 bits per heavy atom. The van der Waals surface area contributed by atoms with Gasteiger partial charge in [-0.25, -0.2) is 0 Å². The number of aliphatic hydroxyl groups is 1. The lowest BCUT2D eigenvalue weighted by Gasteiger charge is -2.15. The average molecular weight is 341 g/mol. The number of nitrogens with one attached hydrogen (secondary N) is 1. The van der Waals surface area contributed by atoms with E-state index >= 15 is 0 Å². The molecular formula is C16H18F3N3O2. The molecule has 0 aliphatic rings. The normalized spacial score (nSPS) is 13.1. The summed E-state index contributed by atoms with van der Waals surface area (Å²) in [5, 5.41) is 16.6. The maximum Gasteiger partial charge on any atom is 0.416 e. The van der Waals surface area contributed by atoms with Crippen molar-refractivity contribution in [1.82, 2.24) is 15.1 Å². The lowest BCUT2D eigenvalue weighted by atomic mass is 10.1. The highest BCUT2D eigenvalue weighted by Crippen LogP contribution is 2.30. The molecule has 0 aliphatic heterocycles. The largest absolute Gasteiger partial charge is 0.416 e. The fourth-order valence-corrected chi connectivity index (χ4v) is 2.23. The Kier molecular flexibility index (Phi) is 5.28. The summed E-state index contributed by atoms with van der Waals surface area (Å²) in [6.45, 7) is 3.52. The van der Waals surface area contributed by atoms with Crippen molar-refractivity contribution in [3.8, 4) is 0 Å². The van der Waals surface area contributed by atoms with Crippen LogP contribution in [-0.2, 0) is 6.18 Å². The number of hydrogen-bond acceptors (Lipinski definition) is 3. The standard InChI is InChI=1S/C16H18F3N3O2/c1-10(2)22-13(6-7-21-22)15(24)20-9-14(23)11-4-3-5-12(8-11)16(17,18)19/h3-8,10,14,23H,9H2,1-2H3,(H,20,24). The van der Waals surface area contributed by atoms with Gasteiger partial charge < -0.3 is 10.4 Å². The van der Waals surface area contributed by atoms with E-state index in [1.165, 1.54) is 29.1 Å². The molecular weight excluding hydrogens is 323 g/mol. The van der Waals surface area contributed by atoms with Crippen LogP contribution in [0.1, 0.15) is 47.6 Å². The number of aromatic nitrogens is 2. The van der Waals surface area contributed by atoms with Gasteiger partial charge in [0.2, 0.25) is 0 Å². The molecule has 1 heterocycles. The van der Waals surface area contributed by atoms with Gasteiger partial charge in [0.1, 0.15) is 5.69 Å². The van der Waals surface area contributed by atoms with Crippen LogP contribution in [0.25, 0.3) is 0 Å². The van der Waals surface area contributed by atoms with E-state index in [0.29, 0.717) is 5.69 Å². The molecule has 0 bridgehead atoms. The molecule has 0 spiro atoms. The zero-order valence-electron chi connectivity index (χ0n) is 13.2. The number of aliphatic hydroxyl groups excluding tert-OH is 1. The Hall–Kier alpha value is -2.35. The molecule has 1 amide bonds. The summed E-state index contributed by atoms with van der Waals surface area (Å²) in [7, 11) is 0. The summed E-state index contributed by atoms with van der Waals surface area (Å²) in [5.41, 5.74) is -0.438. The topological polar surface area (TPSA) is 67.2 Å². The first kappa shape index (κ1) is 18.0. The summed E-state index contributed by atoms with van der Waals surface area (Å²) in [5.74, 6) is -0.452. The lowest BCUT2D eigenvalue weighted by Crippen LogP contribution is -2.30. The quantitative estimate of drug-likeness (QED) is 0.879. The van der Waals surface area contributed by atoms with Crippen LogP contribution in [0.4, 0.5) is 13.2 Å². The van der Waals surface area contributed by atoms with Crippen LogP contribution in [0, 0.1) is 0 Å². The van der Waals surface area contributed by atoms with Crippen molar-refractivity contribution in [3.05, 3.63) is 53.3 Å². The van der Waals surface area contributed by atoms with Crippen LogP contribution in [-0.4, -0.2) is 27.3 Å². The third kappa shape index (κ3) is 4.14. The van der Waals surface area contributed by atoms with E-state index < -0.39 is 23.8 Å². The maximum atomic E-state index is 12.7. The number of alkyl halides is 3. The molecule has 5 nitrogen and oxygen atoms in total.